The Balaban J connectivity index is 1.70. The zero-order valence-electron chi connectivity index (χ0n) is 14.4. The van der Waals surface area contributed by atoms with Crippen LogP contribution in [0.1, 0.15) is 18.7 Å². The van der Waals surface area contributed by atoms with E-state index in [1.165, 1.54) is 12.8 Å². The molecule has 1 fully saturated rings. The summed E-state index contributed by atoms with van der Waals surface area (Å²) in [5.41, 5.74) is 3.99. The van der Waals surface area contributed by atoms with Gasteiger partial charge in [-0.25, -0.2) is 9.97 Å². The van der Waals surface area contributed by atoms with E-state index >= 15 is 0 Å². The third kappa shape index (κ3) is 4.25. The summed E-state index contributed by atoms with van der Waals surface area (Å²) >= 11 is 0. The zero-order chi connectivity index (χ0) is 18.4. The first-order valence-electron chi connectivity index (χ1n) is 8.29. The van der Waals surface area contributed by atoms with Gasteiger partial charge in [0.05, 0.1) is 5.69 Å². The molecular formula is C18H18N8. The molecule has 8 nitrogen and oxygen atoms in total. The van der Waals surface area contributed by atoms with Crippen LogP contribution in [0.3, 0.4) is 0 Å². The molecule has 2 aromatic rings. The number of hydrazone groups is 1. The maximum atomic E-state index is 8.67. The second-order valence-electron chi connectivity index (χ2n) is 5.85. The fourth-order valence-corrected chi connectivity index (χ4v) is 2.70. The number of nitrogens with one attached hydrogen (secondary N) is 2. The summed E-state index contributed by atoms with van der Waals surface area (Å²) < 4.78 is 0. The van der Waals surface area contributed by atoms with E-state index in [1.54, 1.807) is 24.3 Å². The van der Waals surface area contributed by atoms with Gasteiger partial charge in [0.15, 0.2) is 0 Å². The topological polar surface area (TPSA) is 113 Å². The summed E-state index contributed by atoms with van der Waals surface area (Å²) in [6.45, 7) is 3.95. The lowest BCUT2D eigenvalue weighted by Crippen LogP contribution is -2.19. The molecule has 0 aliphatic carbocycles. The average Bonchev–Trinajstić information content (AvgIpc) is 3.18. The smallest absolute Gasteiger partial charge is 0.237 e. The first-order valence-corrected chi connectivity index (χ1v) is 8.29. The second kappa shape index (κ2) is 7.95. The lowest BCUT2D eigenvalue weighted by Gasteiger charge is -2.17. The van der Waals surface area contributed by atoms with E-state index in [9.17, 15) is 0 Å². The Kier molecular flexibility index (Phi) is 5.25. The standard InChI is InChI=1S/C18H18N8/c1-13-21-17(10-18(22-13)26-8-2-3-9-26)23-14-4-6-15(7-5-14)24-25-16(11-19)12-20/h4-7,10,24H,2-3,8-9H2,1H3,(H,21,22,23). The number of hydrogen-bond donors (Lipinski definition) is 2. The highest BCUT2D eigenvalue weighted by Gasteiger charge is 2.15. The largest absolute Gasteiger partial charge is 0.356 e. The lowest BCUT2D eigenvalue weighted by atomic mass is 10.3. The molecule has 2 N–H and O–H groups in total. The van der Waals surface area contributed by atoms with Crippen molar-refractivity contribution in [2.45, 2.75) is 19.8 Å². The van der Waals surface area contributed by atoms with Crippen LogP contribution in [0.4, 0.5) is 23.0 Å². The van der Waals surface area contributed by atoms with E-state index in [0.29, 0.717) is 5.69 Å². The summed E-state index contributed by atoms with van der Waals surface area (Å²) in [5.74, 6) is 2.42. The van der Waals surface area contributed by atoms with Gasteiger partial charge in [-0.3, -0.25) is 5.43 Å². The molecule has 1 aliphatic heterocycles. The van der Waals surface area contributed by atoms with Gasteiger partial charge in [0.25, 0.3) is 0 Å². The Hall–Kier alpha value is -3.65. The van der Waals surface area contributed by atoms with Gasteiger partial charge in [-0.05, 0) is 44.0 Å². The van der Waals surface area contributed by atoms with Crippen molar-refractivity contribution in [3.05, 3.63) is 36.2 Å². The van der Waals surface area contributed by atoms with Crippen LogP contribution in [0.25, 0.3) is 0 Å². The van der Waals surface area contributed by atoms with Crippen LogP contribution in [0, 0.1) is 29.6 Å². The van der Waals surface area contributed by atoms with Gasteiger partial charge in [-0.15, -0.1) is 0 Å². The van der Waals surface area contributed by atoms with Gasteiger partial charge < -0.3 is 10.2 Å². The molecule has 0 amide bonds. The highest BCUT2D eigenvalue weighted by Crippen LogP contribution is 2.23. The van der Waals surface area contributed by atoms with E-state index in [0.717, 1.165) is 36.2 Å². The van der Waals surface area contributed by atoms with Crippen molar-refractivity contribution in [2.75, 3.05) is 28.7 Å². The zero-order valence-corrected chi connectivity index (χ0v) is 14.4. The monoisotopic (exact) mass is 346 g/mol. The number of rotatable bonds is 5. The van der Waals surface area contributed by atoms with Crippen molar-refractivity contribution in [1.82, 2.24) is 9.97 Å². The summed E-state index contributed by atoms with van der Waals surface area (Å²) in [5, 5.41) is 24.3. The Bertz CT molecular complexity index is 867. The molecule has 0 radical (unpaired) electrons. The van der Waals surface area contributed by atoms with Crippen molar-refractivity contribution in [2.24, 2.45) is 5.10 Å². The predicted octanol–water partition coefficient (Wildman–Crippen LogP) is 2.94. The molecule has 0 unspecified atom stereocenters. The number of aryl methyl sites for hydroxylation is 1. The van der Waals surface area contributed by atoms with Crippen LogP contribution in [-0.4, -0.2) is 28.8 Å². The number of benzene rings is 1. The average molecular weight is 346 g/mol. The summed E-state index contributed by atoms with van der Waals surface area (Å²) in [6.07, 6.45) is 2.39. The molecule has 1 aromatic heterocycles. The molecule has 1 saturated heterocycles. The molecule has 0 spiro atoms. The molecule has 8 heteroatoms. The summed E-state index contributed by atoms with van der Waals surface area (Å²) in [7, 11) is 0. The van der Waals surface area contributed by atoms with Gasteiger partial charge >= 0.3 is 0 Å². The van der Waals surface area contributed by atoms with Crippen LogP contribution >= 0.6 is 0 Å². The van der Waals surface area contributed by atoms with Crippen LogP contribution < -0.4 is 15.6 Å². The van der Waals surface area contributed by atoms with Gasteiger partial charge in [0, 0.05) is 24.8 Å². The summed E-state index contributed by atoms with van der Waals surface area (Å²) in [4.78, 5) is 11.2. The minimum absolute atomic E-state index is 0.224. The van der Waals surface area contributed by atoms with Gasteiger partial charge in [0.2, 0.25) is 5.71 Å². The fraction of sp³-hybridized carbons (Fsp3) is 0.278. The van der Waals surface area contributed by atoms with E-state index in [1.807, 2.05) is 25.1 Å². The number of aromatic nitrogens is 2. The van der Waals surface area contributed by atoms with E-state index in [-0.39, 0.29) is 5.71 Å². The molecule has 0 atom stereocenters. The molecule has 0 bridgehead atoms. The maximum Gasteiger partial charge on any atom is 0.237 e. The van der Waals surface area contributed by atoms with Gasteiger partial charge in [-0.2, -0.15) is 15.6 Å². The Morgan fingerprint density at radius 3 is 2.38 bits per heavy atom. The highest BCUT2D eigenvalue weighted by atomic mass is 15.3. The third-order valence-corrected chi connectivity index (χ3v) is 3.92. The number of nitriles is 2. The van der Waals surface area contributed by atoms with Gasteiger partial charge in [-0.1, -0.05) is 0 Å². The first kappa shape index (κ1) is 17.2. The lowest BCUT2D eigenvalue weighted by molar-refractivity contribution is 0.912. The minimum atomic E-state index is -0.224. The molecule has 0 saturated carbocycles. The van der Waals surface area contributed by atoms with Crippen molar-refractivity contribution >= 4 is 28.7 Å². The highest BCUT2D eigenvalue weighted by molar-refractivity contribution is 6.10. The quantitative estimate of drug-likeness (QED) is 0.632. The maximum absolute atomic E-state index is 8.67. The van der Waals surface area contributed by atoms with Crippen molar-refractivity contribution < 1.29 is 0 Å². The van der Waals surface area contributed by atoms with Crippen molar-refractivity contribution in [3.8, 4) is 12.1 Å². The van der Waals surface area contributed by atoms with Crippen LogP contribution in [-0.2, 0) is 0 Å². The van der Waals surface area contributed by atoms with E-state index < -0.39 is 0 Å². The third-order valence-electron chi connectivity index (χ3n) is 3.92. The first-order chi connectivity index (χ1) is 12.7. The van der Waals surface area contributed by atoms with Gasteiger partial charge in [0.1, 0.15) is 29.6 Å². The molecule has 130 valence electrons. The van der Waals surface area contributed by atoms with Crippen LogP contribution in [0.5, 0.6) is 0 Å². The molecule has 3 rings (SSSR count). The molecule has 1 aromatic carbocycles. The molecule has 2 heterocycles. The van der Waals surface area contributed by atoms with Crippen molar-refractivity contribution in [3.63, 3.8) is 0 Å². The van der Waals surface area contributed by atoms with Crippen molar-refractivity contribution in [1.29, 1.82) is 10.5 Å². The van der Waals surface area contributed by atoms with E-state index in [4.69, 9.17) is 10.5 Å². The SMILES string of the molecule is Cc1nc(Nc2ccc(NN=C(C#N)C#N)cc2)cc(N2CCCC2)n1. The molecular weight excluding hydrogens is 328 g/mol. The number of nitrogens with zero attached hydrogens (tertiary/aromatic N) is 6. The summed E-state index contributed by atoms with van der Waals surface area (Å²) in [6, 6.07) is 12.7. The Labute approximate surface area is 151 Å². The predicted molar refractivity (Wildman–Crippen MR) is 100 cm³/mol. The molecule has 26 heavy (non-hydrogen) atoms. The Morgan fingerprint density at radius 1 is 1.08 bits per heavy atom. The number of anilines is 4. The minimum Gasteiger partial charge on any atom is -0.356 e. The molecule has 1 aliphatic rings. The Morgan fingerprint density at radius 2 is 1.73 bits per heavy atom. The number of hydrogen-bond acceptors (Lipinski definition) is 8. The normalized spacial score (nSPS) is 12.8. The van der Waals surface area contributed by atoms with E-state index in [2.05, 4.69) is 30.7 Å². The fourth-order valence-electron chi connectivity index (χ4n) is 2.70. The van der Waals surface area contributed by atoms with Crippen LogP contribution in [0.15, 0.2) is 35.4 Å². The van der Waals surface area contributed by atoms with Crippen LogP contribution in [0.2, 0.25) is 0 Å². The second-order valence-corrected chi connectivity index (χ2v) is 5.85.